The maximum Gasteiger partial charge on any atom is -0.0349 e. The van der Waals surface area contributed by atoms with Crippen LogP contribution in [0.3, 0.4) is 0 Å². The SMILES string of the molecule is CC=CC=C(C)CC. The first-order chi connectivity index (χ1) is 3.81. The Labute approximate surface area is 51.9 Å². The molecule has 0 aliphatic rings. The molecule has 0 amide bonds. The van der Waals surface area contributed by atoms with Gasteiger partial charge in [-0.25, -0.2) is 0 Å². The van der Waals surface area contributed by atoms with Crippen molar-refractivity contribution in [1.29, 1.82) is 0 Å². The van der Waals surface area contributed by atoms with Crippen molar-refractivity contribution in [1.82, 2.24) is 0 Å². The third-order valence-corrected chi connectivity index (χ3v) is 1.13. The summed E-state index contributed by atoms with van der Waals surface area (Å²) in [5.74, 6) is 0. The molecule has 0 N–H and O–H groups in total. The van der Waals surface area contributed by atoms with Gasteiger partial charge in [0.25, 0.3) is 0 Å². The van der Waals surface area contributed by atoms with Gasteiger partial charge in [-0.3, -0.25) is 0 Å². The number of rotatable bonds is 2. The number of allylic oxidation sites excluding steroid dienone is 4. The van der Waals surface area contributed by atoms with E-state index in [4.69, 9.17) is 0 Å². The maximum atomic E-state index is 2.16. The fraction of sp³-hybridized carbons (Fsp3) is 0.500. The lowest BCUT2D eigenvalue weighted by Crippen LogP contribution is -1.66. The second-order valence-electron chi connectivity index (χ2n) is 1.89. The highest BCUT2D eigenvalue weighted by Crippen LogP contribution is 1.96. The van der Waals surface area contributed by atoms with Crippen LogP contribution in [0.5, 0.6) is 0 Å². The monoisotopic (exact) mass is 110 g/mol. The molecular formula is C8H14. The number of hydrogen-bond donors (Lipinski definition) is 0. The van der Waals surface area contributed by atoms with Crippen molar-refractivity contribution in [3.05, 3.63) is 23.8 Å². The fourth-order valence-electron chi connectivity index (χ4n) is 0.378. The fourth-order valence-corrected chi connectivity index (χ4v) is 0.378. The standard InChI is InChI=1S/C8H14/c1-4-6-7-8(3)5-2/h4,6-7H,5H2,1-3H3. The molecule has 0 nitrogen and oxygen atoms in total. The van der Waals surface area contributed by atoms with E-state index in [9.17, 15) is 0 Å². The molecule has 0 bridgehead atoms. The van der Waals surface area contributed by atoms with Crippen LogP contribution in [0.2, 0.25) is 0 Å². The average molecular weight is 110 g/mol. The molecule has 46 valence electrons. The van der Waals surface area contributed by atoms with Crippen LogP contribution >= 0.6 is 0 Å². The topological polar surface area (TPSA) is 0 Å². The molecular weight excluding hydrogens is 96.1 g/mol. The van der Waals surface area contributed by atoms with Gasteiger partial charge in [0.1, 0.15) is 0 Å². The summed E-state index contributed by atoms with van der Waals surface area (Å²) in [4.78, 5) is 0. The Morgan fingerprint density at radius 3 is 2.50 bits per heavy atom. The Hall–Kier alpha value is -0.520. The molecule has 0 fully saturated rings. The van der Waals surface area contributed by atoms with Crippen molar-refractivity contribution in [3.8, 4) is 0 Å². The van der Waals surface area contributed by atoms with E-state index in [1.165, 1.54) is 5.57 Å². The first-order valence-corrected chi connectivity index (χ1v) is 3.09. The Morgan fingerprint density at radius 2 is 2.12 bits per heavy atom. The minimum atomic E-state index is 1.16. The summed E-state index contributed by atoms with van der Waals surface area (Å²) in [6, 6.07) is 0. The first kappa shape index (κ1) is 7.48. The van der Waals surface area contributed by atoms with Gasteiger partial charge in [0.15, 0.2) is 0 Å². The van der Waals surface area contributed by atoms with Crippen molar-refractivity contribution < 1.29 is 0 Å². The van der Waals surface area contributed by atoms with E-state index in [2.05, 4.69) is 26.0 Å². The van der Waals surface area contributed by atoms with Crippen molar-refractivity contribution >= 4 is 0 Å². The van der Waals surface area contributed by atoms with E-state index < -0.39 is 0 Å². The number of hydrogen-bond acceptors (Lipinski definition) is 0. The van der Waals surface area contributed by atoms with Gasteiger partial charge < -0.3 is 0 Å². The summed E-state index contributed by atoms with van der Waals surface area (Å²) in [5, 5.41) is 0. The largest absolute Gasteiger partial charge is 0.0877 e. The summed E-state index contributed by atoms with van der Waals surface area (Å²) >= 11 is 0. The normalized spacial score (nSPS) is 13.1. The minimum Gasteiger partial charge on any atom is -0.0877 e. The van der Waals surface area contributed by atoms with Crippen LogP contribution in [0.4, 0.5) is 0 Å². The van der Waals surface area contributed by atoms with Gasteiger partial charge in [-0.2, -0.15) is 0 Å². The Balaban J connectivity index is 3.57. The second kappa shape index (κ2) is 4.63. The molecule has 0 atom stereocenters. The van der Waals surface area contributed by atoms with E-state index in [1.54, 1.807) is 0 Å². The van der Waals surface area contributed by atoms with Gasteiger partial charge in [-0.1, -0.05) is 30.7 Å². The van der Waals surface area contributed by atoms with E-state index in [-0.39, 0.29) is 0 Å². The summed E-state index contributed by atoms with van der Waals surface area (Å²) in [5.41, 5.74) is 1.43. The van der Waals surface area contributed by atoms with Gasteiger partial charge in [-0.05, 0) is 20.3 Å². The van der Waals surface area contributed by atoms with Gasteiger partial charge in [-0.15, -0.1) is 0 Å². The molecule has 0 rings (SSSR count). The average Bonchev–Trinajstić information content (AvgIpc) is 1.83. The minimum absolute atomic E-state index is 1.16. The molecule has 0 aromatic carbocycles. The molecule has 0 saturated heterocycles. The van der Waals surface area contributed by atoms with Gasteiger partial charge in [0, 0.05) is 0 Å². The quantitative estimate of drug-likeness (QED) is 0.479. The van der Waals surface area contributed by atoms with Crippen LogP contribution in [0.1, 0.15) is 27.2 Å². The molecule has 0 heteroatoms. The molecule has 0 saturated carbocycles. The van der Waals surface area contributed by atoms with E-state index >= 15 is 0 Å². The van der Waals surface area contributed by atoms with Gasteiger partial charge >= 0.3 is 0 Å². The summed E-state index contributed by atoms with van der Waals surface area (Å²) in [6.45, 7) is 6.33. The third-order valence-electron chi connectivity index (χ3n) is 1.13. The predicted molar refractivity (Wildman–Crippen MR) is 38.9 cm³/mol. The maximum absolute atomic E-state index is 2.16. The first-order valence-electron chi connectivity index (χ1n) is 3.09. The zero-order valence-corrected chi connectivity index (χ0v) is 5.94. The molecule has 0 aliphatic carbocycles. The van der Waals surface area contributed by atoms with Crippen molar-refractivity contribution in [3.63, 3.8) is 0 Å². The lowest BCUT2D eigenvalue weighted by molar-refractivity contribution is 1.10. The molecule has 8 heavy (non-hydrogen) atoms. The second-order valence-corrected chi connectivity index (χ2v) is 1.89. The summed E-state index contributed by atoms with van der Waals surface area (Å²) in [7, 11) is 0. The van der Waals surface area contributed by atoms with Crippen LogP contribution in [0.25, 0.3) is 0 Å². The van der Waals surface area contributed by atoms with Crippen LogP contribution in [-0.4, -0.2) is 0 Å². The smallest absolute Gasteiger partial charge is 0.0349 e. The highest BCUT2D eigenvalue weighted by atomic mass is 13.8. The molecule has 0 radical (unpaired) electrons. The third kappa shape index (κ3) is 3.66. The Kier molecular flexibility index (Phi) is 4.33. The highest BCUT2D eigenvalue weighted by Gasteiger charge is 1.75. The lowest BCUT2D eigenvalue weighted by Gasteiger charge is -1.87. The predicted octanol–water partition coefficient (Wildman–Crippen LogP) is 2.92. The molecule has 0 spiro atoms. The van der Waals surface area contributed by atoms with Gasteiger partial charge in [0.2, 0.25) is 0 Å². The van der Waals surface area contributed by atoms with Crippen LogP contribution < -0.4 is 0 Å². The molecule has 0 unspecified atom stereocenters. The molecule has 0 heterocycles. The highest BCUT2D eigenvalue weighted by molar-refractivity contribution is 5.08. The lowest BCUT2D eigenvalue weighted by atomic mass is 10.2. The van der Waals surface area contributed by atoms with E-state index in [0.29, 0.717) is 0 Å². The molecule has 0 aromatic rings. The van der Waals surface area contributed by atoms with E-state index in [1.807, 2.05) is 13.0 Å². The van der Waals surface area contributed by atoms with Crippen LogP contribution in [0, 0.1) is 0 Å². The van der Waals surface area contributed by atoms with Crippen LogP contribution in [0.15, 0.2) is 23.8 Å². The molecule has 0 aromatic heterocycles. The summed E-state index contributed by atoms with van der Waals surface area (Å²) in [6.07, 6.45) is 7.41. The van der Waals surface area contributed by atoms with Crippen molar-refractivity contribution in [2.45, 2.75) is 27.2 Å². The zero-order chi connectivity index (χ0) is 6.41. The Bertz CT molecular complexity index is 96.6. The van der Waals surface area contributed by atoms with Crippen molar-refractivity contribution in [2.75, 3.05) is 0 Å². The van der Waals surface area contributed by atoms with Crippen molar-refractivity contribution in [2.24, 2.45) is 0 Å². The Morgan fingerprint density at radius 1 is 1.50 bits per heavy atom. The zero-order valence-electron chi connectivity index (χ0n) is 5.94. The molecule has 0 aliphatic heterocycles. The van der Waals surface area contributed by atoms with E-state index in [0.717, 1.165) is 6.42 Å². The van der Waals surface area contributed by atoms with Gasteiger partial charge in [0.05, 0.1) is 0 Å². The summed E-state index contributed by atoms with van der Waals surface area (Å²) < 4.78 is 0. The van der Waals surface area contributed by atoms with Crippen LogP contribution in [-0.2, 0) is 0 Å².